The van der Waals surface area contributed by atoms with Crippen LogP contribution < -0.4 is 33.6 Å². The zero-order valence-electron chi connectivity index (χ0n) is 23.8. The van der Waals surface area contributed by atoms with Crippen LogP contribution in [0.25, 0.3) is 0 Å². The molecule has 0 spiro atoms. The Kier molecular flexibility index (Phi) is 11.7. The van der Waals surface area contributed by atoms with Crippen molar-refractivity contribution in [3.63, 3.8) is 0 Å². The van der Waals surface area contributed by atoms with Crippen LogP contribution in [0, 0.1) is 0 Å². The minimum Gasteiger partial charge on any atom is -0.395 e. The standard InChI is InChI=1S/C25H48N6O12/c26-9-5-25(39,6-9)24(38)31-12-3-10(27)20(42-22-11(28)4-13(34)14(40-22)7-30-1-2-32)19(37)21(12)43-23-18(36)16(29)17(35)15(8-33)41-23/h9-23,30,32-37,39H,1-8,26-29H2,(H,31,38)/t9?,10-,11+,12+,13-,14+,15+,16-,17+,18+,19-,20+,21-,22+,23+,25?/m0/s1. The highest BCUT2D eigenvalue weighted by Gasteiger charge is 2.53. The molecule has 17 N–H and O–H groups in total. The molecule has 4 aliphatic rings. The van der Waals surface area contributed by atoms with Gasteiger partial charge in [0.25, 0.3) is 5.91 Å². The number of aliphatic hydroxyl groups is 7. The fourth-order valence-electron chi connectivity index (χ4n) is 6.12. The molecule has 18 heteroatoms. The van der Waals surface area contributed by atoms with Crippen molar-refractivity contribution in [2.75, 3.05) is 26.3 Å². The van der Waals surface area contributed by atoms with E-state index in [4.69, 9.17) is 47.0 Å². The van der Waals surface area contributed by atoms with E-state index in [-0.39, 0.29) is 51.4 Å². The van der Waals surface area contributed by atoms with E-state index in [0.717, 1.165) is 0 Å². The van der Waals surface area contributed by atoms with Crippen LogP contribution in [-0.2, 0) is 23.7 Å². The molecule has 2 heterocycles. The zero-order chi connectivity index (χ0) is 31.6. The first-order valence-corrected chi connectivity index (χ1v) is 14.6. The van der Waals surface area contributed by atoms with E-state index in [9.17, 15) is 35.4 Å². The van der Waals surface area contributed by atoms with Crippen molar-refractivity contribution in [1.29, 1.82) is 0 Å². The Labute approximate surface area is 248 Å². The minimum absolute atomic E-state index is 0.0316. The number of ether oxygens (including phenoxy) is 4. The van der Waals surface area contributed by atoms with E-state index in [0.29, 0.717) is 0 Å². The van der Waals surface area contributed by atoms with Gasteiger partial charge in [0.15, 0.2) is 12.6 Å². The smallest absolute Gasteiger partial charge is 0.252 e. The molecule has 43 heavy (non-hydrogen) atoms. The second kappa shape index (κ2) is 14.5. The predicted octanol–water partition coefficient (Wildman–Crippen LogP) is -7.66. The zero-order valence-corrected chi connectivity index (χ0v) is 23.8. The average Bonchev–Trinajstić information content (AvgIpc) is 2.94. The first-order valence-electron chi connectivity index (χ1n) is 14.6. The molecule has 2 saturated heterocycles. The number of aliphatic hydroxyl groups excluding tert-OH is 6. The summed E-state index contributed by atoms with van der Waals surface area (Å²) in [5.41, 5.74) is 22.6. The van der Waals surface area contributed by atoms with Gasteiger partial charge in [-0.1, -0.05) is 0 Å². The van der Waals surface area contributed by atoms with Gasteiger partial charge in [-0.05, 0) is 12.8 Å². The Bertz CT molecular complexity index is 918. The summed E-state index contributed by atoms with van der Waals surface area (Å²) in [5, 5.41) is 77.8. The summed E-state index contributed by atoms with van der Waals surface area (Å²) in [6.07, 6.45) is -12.5. The topological polar surface area (TPSA) is 324 Å². The van der Waals surface area contributed by atoms with Crippen molar-refractivity contribution in [1.82, 2.24) is 10.6 Å². The lowest BCUT2D eigenvalue weighted by Crippen LogP contribution is -2.70. The molecule has 4 fully saturated rings. The molecule has 14 atom stereocenters. The van der Waals surface area contributed by atoms with Gasteiger partial charge in [-0.3, -0.25) is 4.79 Å². The third-order valence-corrected chi connectivity index (χ3v) is 8.71. The maximum atomic E-state index is 13.0. The van der Waals surface area contributed by atoms with Crippen molar-refractivity contribution in [3.8, 4) is 0 Å². The van der Waals surface area contributed by atoms with Gasteiger partial charge < -0.3 is 88.3 Å². The number of nitrogens with two attached hydrogens (primary N) is 4. The molecule has 2 saturated carbocycles. The van der Waals surface area contributed by atoms with Crippen LogP contribution in [0.1, 0.15) is 25.7 Å². The predicted molar refractivity (Wildman–Crippen MR) is 145 cm³/mol. The highest BCUT2D eigenvalue weighted by molar-refractivity contribution is 5.86. The third-order valence-electron chi connectivity index (χ3n) is 8.71. The van der Waals surface area contributed by atoms with E-state index in [2.05, 4.69) is 10.6 Å². The van der Waals surface area contributed by atoms with Gasteiger partial charge in [0.2, 0.25) is 0 Å². The van der Waals surface area contributed by atoms with E-state index < -0.39 is 104 Å². The highest BCUT2D eigenvalue weighted by Crippen LogP contribution is 2.34. The first kappa shape index (κ1) is 34.7. The maximum absolute atomic E-state index is 13.0. The van der Waals surface area contributed by atoms with Crippen molar-refractivity contribution in [2.45, 2.75) is 123 Å². The van der Waals surface area contributed by atoms with E-state index in [1.54, 1.807) is 0 Å². The molecule has 2 aliphatic carbocycles. The summed E-state index contributed by atoms with van der Waals surface area (Å²) >= 11 is 0. The average molecular weight is 625 g/mol. The Morgan fingerprint density at radius 2 is 1.51 bits per heavy atom. The molecule has 250 valence electrons. The summed E-state index contributed by atoms with van der Waals surface area (Å²) in [5.74, 6) is -0.748. The van der Waals surface area contributed by atoms with Crippen molar-refractivity contribution >= 4 is 5.91 Å². The summed E-state index contributed by atoms with van der Waals surface area (Å²) in [6, 6.07) is -4.37. The Balaban J connectivity index is 1.52. The van der Waals surface area contributed by atoms with Crippen molar-refractivity contribution in [3.05, 3.63) is 0 Å². The van der Waals surface area contributed by atoms with E-state index in [1.165, 1.54) is 0 Å². The monoisotopic (exact) mass is 624 g/mol. The van der Waals surface area contributed by atoms with Gasteiger partial charge in [-0.15, -0.1) is 0 Å². The maximum Gasteiger partial charge on any atom is 0.252 e. The molecule has 18 nitrogen and oxygen atoms in total. The lowest BCUT2D eigenvalue weighted by molar-refractivity contribution is -0.316. The van der Waals surface area contributed by atoms with Crippen LogP contribution in [-0.4, -0.2) is 165 Å². The molecule has 0 aromatic heterocycles. The SMILES string of the molecule is NC1CC(O)(C(=O)N[C@@H]2C[C@H](N)[C@@H](O[C@H]3O[C@H](CNCCO)[C@@H](O)C[C@H]3N)[C@H](O)[C@H]2O[C@H]2O[C@H](CO)[C@@H](O)[C@H](N)[C@H]2O)C1. The Morgan fingerprint density at radius 3 is 2.14 bits per heavy atom. The van der Waals surface area contributed by atoms with Gasteiger partial charge in [-0.2, -0.15) is 0 Å². The number of rotatable bonds is 11. The number of hydrogen-bond donors (Lipinski definition) is 13. The molecular formula is C25H48N6O12. The van der Waals surface area contributed by atoms with E-state index >= 15 is 0 Å². The van der Waals surface area contributed by atoms with Crippen LogP contribution >= 0.6 is 0 Å². The van der Waals surface area contributed by atoms with Crippen LogP contribution in [0.4, 0.5) is 0 Å². The third kappa shape index (κ3) is 7.63. The largest absolute Gasteiger partial charge is 0.395 e. The highest BCUT2D eigenvalue weighted by atomic mass is 16.7. The van der Waals surface area contributed by atoms with Crippen LogP contribution in [0.2, 0.25) is 0 Å². The number of amides is 1. The summed E-state index contributed by atoms with van der Waals surface area (Å²) < 4.78 is 23.5. The molecule has 0 aromatic carbocycles. The second-order valence-electron chi connectivity index (χ2n) is 12.1. The van der Waals surface area contributed by atoms with Gasteiger partial charge >= 0.3 is 0 Å². The normalized spacial score (nSPS) is 48.9. The van der Waals surface area contributed by atoms with Crippen molar-refractivity contribution < 1.29 is 59.5 Å². The number of carbonyl (C=O) groups is 1. The molecule has 0 radical (unpaired) electrons. The molecule has 0 aromatic rings. The summed E-state index contributed by atoms with van der Waals surface area (Å²) in [7, 11) is 0. The molecule has 4 rings (SSSR count). The second-order valence-corrected chi connectivity index (χ2v) is 12.1. The summed E-state index contributed by atoms with van der Waals surface area (Å²) in [4.78, 5) is 13.0. The minimum atomic E-state index is -1.72. The molecule has 1 amide bonds. The van der Waals surface area contributed by atoms with Crippen LogP contribution in [0.3, 0.4) is 0 Å². The van der Waals surface area contributed by atoms with E-state index in [1.807, 2.05) is 0 Å². The molecule has 0 unspecified atom stereocenters. The number of hydrogen-bond acceptors (Lipinski definition) is 17. The first-order chi connectivity index (χ1) is 20.3. The quantitative estimate of drug-likeness (QED) is 0.0949. The summed E-state index contributed by atoms with van der Waals surface area (Å²) in [6.45, 7) is -0.293. The lowest BCUT2D eigenvalue weighted by atomic mass is 9.75. The molecular weight excluding hydrogens is 576 g/mol. The van der Waals surface area contributed by atoms with Gasteiger partial charge in [0.1, 0.15) is 42.2 Å². The molecule has 2 aliphatic heterocycles. The Hall–Kier alpha value is -1.17. The lowest BCUT2D eigenvalue weighted by Gasteiger charge is -2.49. The van der Waals surface area contributed by atoms with Crippen LogP contribution in [0.15, 0.2) is 0 Å². The van der Waals surface area contributed by atoms with Gasteiger partial charge in [-0.25, -0.2) is 0 Å². The fraction of sp³-hybridized carbons (Fsp3) is 0.960. The van der Waals surface area contributed by atoms with Crippen molar-refractivity contribution in [2.24, 2.45) is 22.9 Å². The van der Waals surface area contributed by atoms with Gasteiger partial charge in [0.05, 0.1) is 43.5 Å². The van der Waals surface area contributed by atoms with Crippen LogP contribution in [0.5, 0.6) is 0 Å². The number of nitrogens with one attached hydrogen (secondary N) is 2. The molecule has 0 bridgehead atoms. The Morgan fingerprint density at radius 1 is 0.860 bits per heavy atom. The fourth-order valence-corrected chi connectivity index (χ4v) is 6.12. The number of carbonyl (C=O) groups excluding carboxylic acids is 1. The van der Waals surface area contributed by atoms with Gasteiger partial charge in [0, 0.05) is 38.0 Å².